The number of nitrogens with zero attached hydrogens (tertiary/aromatic N) is 2. The van der Waals surface area contributed by atoms with Crippen molar-refractivity contribution in [3.05, 3.63) is 91.1 Å². The van der Waals surface area contributed by atoms with E-state index in [4.69, 9.17) is 9.15 Å². The van der Waals surface area contributed by atoms with Crippen molar-refractivity contribution in [3.63, 3.8) is 0 Å². The molecule has 0 saturated heterocycles. The summed E-state index contributed by atoms with van der Waals surface area (Å²) in [5.41, 5.74) is 2.00. The highest BCUT2D eigenvalue weighted by Crippen LogP contribution is 2.22. The summed E-state index contributed by atoms with van der Waals surface area (Å²) in [6, 6.07) is 20.0. The number of anilines is 1. The van der Waals surface area contributed by atoms with Crippen molar-refractivity contribution in [1.82, 2.24) is 9.97 Å². The first-order valence-corrected chi connectivity index (χ1v) is 8.27. The molecular formula is C21H15N3O3. The number of benzene rings is 2. The van der Waals surface area contributed by atoms with E-state index >= 15 is 0 Å². The molecule has 6 nitrogen and oxygen atoms in total. The molecule has 27 heavy (non-hydrogen) atoms. The average Bonchev–Trinajstić information content (AvgIpc) is 3.25. The summed E-state index contributed by atoms with van der Waals surface area (Å²) in [6.45, 7) is 0. The zero-order valence-electron chi connectivity index (χ0n) is 14.2. The molecule has 2 aromatic heterocycles. The minimum atomic E-state index is -0.249. The van der Waals surface area contributed by atoms with Crippen LogP contribution < -0.4 is 10.1 Å². The lowest BCUT2D eigenvalue weighted by molar-refractivity contribution is 0.102. The number of carbonyl (C=O) groups excluding carboxylic acids is 1. The third-order valence-corrected chi connectivity index (χ3v) is 3.82. The zero-order chi connectivity index (χ0) is 18.5. The first-order valence-electron chi connectivity index (χ1n) is 8.27. The number of nitrogens with one attached hydrogen (secondary N) is 1. The maximum Gasteiger partial charge on any atom is 0.257 e. The molecule has 1 amide bonds. The quantitative estimate of drug-likeness (QED) is 0.556. The molecule has 0 aliphatic rings. The number of rotatable bonds is 5. The van der Waals surface area contributed by atoms with Crippen LogP contribution in [0.15, 0.2) is 89.9 Å². The fraction of sp³-hybridized carbons (Fsp3) is 0. The lowest BCUT2D eigenvalue weighted by Gasteiger charge is -2.07. The second kappa shape index (κ2) is 7.53. The minimum Gasteiger partial charge on any atom is -0.444 e. The highest BCUT2D eigenvalue weighted by molar-refractivity contribution is 6.04. The number of pyridine rings is 1. The van der Waals surface area contributed by atoms with Crippen LogP contribution in [0.3, 0.4) is 0 Å². The summed E-state index contributed by atoms with van der Waals surface area (Å²) in [7, 11) is 0. The van der Waals surface area contributed by atoms with Gasteiger partial charge in [0.15, 0.2) is 12.2 Å². The topological polar surface area (TPSA) is 77.2 Å². The van der Waals surface area contributed by atoms with Crippen LogP contribution in [0.5, 0.6) is 11.6 Å². The molecule has 4 aromatic rings. The first-order chi connectivity index (χ1) is 13.3. The van der Waals surface area contributed by atoms with Gasteiger partial charge in [-0.1, -0.05) is 18.2 Å². The third-order valence-electron chi connectivity index (χ3n) is 3.82. The standard InChI is InChI=1S/C21H15N3O3/c25-21(24-17-9-6-15(7-10-17)19-13-22-14-26-19)16-8-11-20(23-12-16)27-18-4-2-1-3-5-18/h1-14H,(H,24,25). The summed E-state index contributed by atoms with van der Waals surface area (Å²) in [4.78, 5) is 20.4. The number of hydrogen-bond acceptors (Lipinski definition) is 5. The number of ether oxygens (including phenoxy) is 1. The van der Waals surface area contributed by atoms with Crippen LogP contribution in [-0.4, -0.2) is 15.9 Å². The molecule has 0 fully saturated rings. The van der Waals surface area contributed by atoms with Crippen molar-refractivity contribution in [1.29, 1.82) is 0 Å². The van der Waals surface area contributed by atoms with Crippen LogP contribution in [0.25, 0.3) is 11.3 Å². The lowest BCUT2D eigenvalue weighted by Crippen LogP contribution is -2.12. The third kappa shape index (κ3) is 4.01. The van der Waals surface area contributed by atoms with E-state index in [-0.39, 0.29) is 5.91 Å². The molecule has 1 N–H and O–H groups in total. The highest BCUT2D eigenvalue weighted by atomic mass is 16.5. The Labute approximate surface area is 155 Å². The van der Waals surface area contributed by atoms with Crippen molar-refractivity contribution in [3.8, 4) is 23.0 Å². The molecule has 2 heterocycles. The monoisotopic (exact) mass is 357 g/mol. The zero-order valence-corrected chi connectivity index (χ0v) is 14.2. The Morgan fingerprint density at radius 1 is 0.926 bits per heavy atom. The van der Waals surface area contributed by atoms with Gasteiger partial charge in [0.05, 0.1) is 11.8 Å². The molecule has 0 aliphatic heterocycles. The van der Waals surface area contributed by atoms with E-state index in [1.54, 1.807) is 30.5 Å². The number of aromatic nitrogens is 2. The Kier molecular flexibility index (Phi) is 4.61. The van der Waals surface area contributed by atoms with Gasteiger partial charge in [0.2, 0.25) is 5.88 Å². The van der Waals surface area contributed by atoms with Gasteiger partial charge in [-0.15, -0.1) is 0 Å². The molecule has 6 heteroatoms. The van der Waals surface area contributed by atoms with Gasteiger partial charge in [0.25, 0.3) is 5.91 Å². The molecule has 132 valence electrons. The Morgan fingerprint density at radius 2 is 1.74 bits per heavy atom. The molecule has 0 saturated carbocycles. The molecule has 0 aliphatic carbocycles. The fourth-order valence-electron chi connectivity index (χ4n) is 2.46. The summed E-state index contributed by atoms with van der Waals surface area (Å²) in [5.74, 6) is 1.54. The lowest BCUT2D eigenvalue weighted by atomic mass is 10.1. The summed E-state index contributed by atoms with van der Waals surface area (Å²) < 4.78 is 10.9. The van der Waals surface area contributed by atoms with Crippen molar-refractivity contribution in [2.75, 3.05) is 5.32 Å². The summed E-state index contributed by atoms with van der Waals surface area (Å²) in [5, 5.41) is 2.83. The second-order valence-electron chi connectivity index (χ2n) is 5.70. The van der Waals surface area contributed by atoms with Crippen LogP contribution in [0.4, 0.5) is 5.69 Å². The van der Waals surface area contributed by atoms with Crippen LogP contribution in [0.1, 0.15) is 10.4 Å². The summed E-state index contributed by atoms with van der Waals surface area (Å²) >= 11 is 0. The normalized spacial score (nSPS) is 10.4. The Hall–Kier alpha value is -3.93. The summed E-state index contributed by atoms with van der Waals surface area (Å²) in [6.07, 6.45) is 4.50. The second-order valence-corrected chi connectivity index (χ2v) is 5.70. The smallest absolute Gasteiger partial charge is 0.257 e. The predicted molar refractivity (Wildman–Crippen MR) is 101 cm³/mol. The SMILES string of the molecule is O=C(Nc1ccc(-c2cnco2)cc1)c1ccc(Oc2ccccc2)nc1. The van der Waals surface area contributed by atoms with Crippen molar-refractivity contribution >= 4 is 11.6 Å². The van der Waals surface area contributed by atoms with Crippen molar-refractivity contribution in [2.24, 2.45) is 0 Å². The minimum absolute atomic E-state index is 0.249. The molecule has 0 bridgehead atoms. The molecule has 0 radical (unpaired) electrons. The Morgan fingerprint density at radius 3 is 2.41 bits per heavy atom. The van der Waals surface area contributed by atoms with Gasteiger partial charge in [-0.05, 0) is 42.5 Å². The van der Waals surface area contributed by atoms with Gasteiger partial charge in [0, 0.05) is 23.5 Å². The number of oxazole rings is 1. The molecule has 0 unspecified atom stereocenters. The molecular weight excluding hydrogens is 342 g/mol. The van der Waals surface area contributed by atoms with Crippen LogP contribution in [0.2, 0.25) is 0 Å². The van der Waals surface area contributed by atoms with E-state index in [0.29, 0.717) is 28.6 Å². The fourth-order valence-corrected chi connectivity index (χ4v) is 2.46. The van der Waals surface area contributed by atoms with E-state index in [0.717, 1.165) is 5.56 Å². The van der Waals surface area contributed by atoms with Gasteiger partial charge in [-0.3, -0.25) is 4.79 Å². The highest BCUT2D eigenvalue weighted by Gasteiger charge is 2.08. The predicted octanol–water partition coefficient (Wildman–Crippen LogP) is 4.78. The number of carbonyl (C=O) groups is 1. The molecule has 0 spiro atoms. The molecule has 2 aromatic carbocycles. The van der Waals surface area contributed by atoms with Crippen LogP contribution >= 0.6 is 0 Å². The van der Waals surface area contributed by atoms with Crippen molar-refractivity contribution < 1.29 is 13.9 Å². The Balaban J connectivity index is 1.40. The van der Waals surface area contributed by atoms with E-state index < -0.39 is 0 Å². The van der Waals surface area contributed by atoms with Gasteiger partial charge < -0.3 is 14.5 Å². The van der Waals surface area contributed by atoms with Gasteiger partial charge in [-0.25, -0.2) is 9.97 Å². The molecule has 0 atom stereocenters. The average molecular weight is 357 g/mol. The van der Waals surface area contributed by atoms with Gasteiger partial charge >= 0.3 is 0 Å². The maximum atomic E-state index is 12.4. The van der Waals surface area contributed by atoms with Crippen molar-refractivity contribution in [2.45, 2.75) is 0 Å². The maximum absolute atomic E-state index is 12.4. The van der Waals surface area contributed by atoms with Gasteiger partial charge in [0.1, 0.15) is 5.75 Å². The van der Waals surface area contributed by atoms with E-state index in [1.165, 1.54) is 12.6 Å². The van der Waals surface area contributed by atoms with E-state index in [2.05, 4.69) is 15.3 Å². The van der Waals surface area contributed by atoms with E-state index in [9.17, 15) is 4.79 Å². The van der Waals surface area contributed by atoms with Crippen LogP contribution in [0, 0.1) is 0 Å². The number of para-hydroxylation sites is 1. The largest absolute Gasteiger partial charge is 0.444 e. The number of hydrogen-bond donors (Lipinski definition) is 1. The molecule has 4 rings (SSSR count). The Bertz CT molecular complexity index is 1010. The van der Waals surface area contributed by atoms with Crippen LogP contribution in [-0.2, 0) is 0 Å². The number of amides is 1. The van der Waals surface area contributed by atoms with Gasteiger partial charge in [-0.2, -0.15) is 0 Å². The van der Waals surface area contributed by atoms with E-state index in [1.807, 2.05) is 42.5 Å². The first kappa shape index (κ1) is 16.5.